The summed E-state index contributed by atoms with van der Waals surface area (Å²) in [6.45, 7) is 1.80. The summed E-state index contributed by atoms with van der Waals surface area (Å²) in [6, 6.07) is 6.32. The third kappa shape index (κ3) is 4.14. The molecule has 21 heavy (non-hydrogen) atoms. The molecule has 0 bridgehead atoms. The lowest BCUT2D eigenvalue weighted by Gasteiger charge is -2.27. The number of benzene rings is 1. The SMILES string of the molecule is CCOC(=O)C(CCCSC)(C(=O)O)c1ccc(Cl)cc1. The van der Waals surface area contributed by atoms with E-state index in [1.165, 1.54) is 0 Å². The van der Waals surface area contributed by atoms with Crippen LogP contribution in [-0.4, -0.2) is 35.7 Å². The maximum Gasteiger partial charge on any atom is 0.328 e. The van der Waals surface area contributed by atoms with Crippen LogP contribution in [0.1, 0.15) is 25.3 Å². The van der Waals surface area contributed by atoms with Gasteiger partial charge in [0.1, 0.15) is 0 Å². The van der Waals surface area contributed by atoms with Crippen molar-refractivity contribution in [1.29, 1.82) is 0 Å². The Morgan fingerprint density at radius 3 is 2.43 bits per heavy atom. The minimum absolute atomic E-state index is 0.143. The zero-order chi connectivity index (χ0) is 15.9. The van der Waals surface area contributed by atoms with Gasteiger partial charge >= 0.3 is 11.9 Å². The topological polar surface area (TPSA) is 63.6 Å². The highest BCUT2D eigenvalue weighted by molar-refractivity contribution is 7.98. The van der Waals surface area contributed by atoms with Crippen LogP contribution < -0.4 is 0 Å². The Bertz CT molecular complexity index is 489. The fraction of sp³-hybridized carbons (Fsp3) is 0.467. The maximum atomic E-state index is 12.3. The van der Waals surface area contributed by atoms with Crippen molar-refractivity contribution in [2.24, 2.45) is 0 Å². The summed E-state index contributed by atoms with van der Waals surface area (Å²) in [4.78, 5) is 24.2. The highest BCUT2D eigenvalue weighted by atomic mass is 35.5. The molecule has 1 rings (SSSR count). The van der Waals surface area contributed by atoms with Crippen LogP contribution in [0.25, 0.3) is 0 Å². The van der Waals surface area contributed by atoms with Gasteiger partial charge in [0, 0.05) is 5.02 Å². The van der Waals surface area contributed by atoms with Crippen molar-refractivity contribution in [3.63, 3.8) is 0 Å². The first-order chi connectivity index (χ1) is 9.98. The van der Waals surface area contributed by atoms with Gasteiger partial charge in [-0.3, -0.25) is 9.59 Å². The molecule has 0 saturated heterocycles. The molecule has 0 aromatic heterocycles. The van der Waals surface area contributed by atoms with E-state index < -0.39 is 17.4 Å². The number of carbonyl (C=O) groups is 2. The summed E-state index contributed by atoms with van der Waals surface area (Å²) in [7, 11) is 0. The predicted molar refractivity (Wildman–Crippen MR) is 85.0 cm³/mol. The summed E-state index contributed by atoms with van der Waals surface area (Å²) in [6.07, 6.45) is 2.74. The van der Waals surface area contributed by atoms with Crippen molar-refractivity contribution < 1.29 is 19.4 Å². The molecule has 116 valence electrons. The number of ether oxygens (including phenoxy) is 1. The predicted octanol–water partition coefficient (Wildman–Crippen LogP) is 3.37. The van der Waals surface area contributed by atoms with E-state index in [4.69, 9.17) is 16.3 Å². The van der Waals surface area contributed by atoms with Gasteiger partial charge in [-0.2, -0.15) is 11.8 Å². The van der Waals surface area contributed by atoms with Gasteiger partial charge < -0.3 is 9.84 Å². The fourth-order valence-electron chi connectivity index (χ4n) is 2.15. The highest BCUT2D eigenvalue weighted by Crippen LogP contribution is 2.33. The third-order valence-electron chi connectivity index (χ3n) is 3.23. The average molecular weight is 331 g/mol. The first kappa shape index (κ1) is 17.9. The number of carbonyl (C=O) groups excluding carboxylic acids is 1. The molecule has 1 aromatic rings. The van der Waals surface area contributed by atoms with Gasteiger partial charge in [-0.1, -0.05) is 23.7 Å². The van der Waals surface area contributed by atoms with E-state index in [2.05, 4.69) is 0 Å². The van der Waals surface area contributed by atoms with Crippen molar-refractivity contribution in [2.75, 3.05) is 18.6 Å². The van der Waals surface area contributed by atoms with Crippen LogP contribution in [0.2, 0.25) is 5.02 Å². The number of thioether (sulfide) groups is 1. The standard InChI is InChI=1S/C15H19ClO4S/c1-3-20-14(19)15(13(17)18,9-4-10-21-2)11-5-7-12(16)8-6-11/h5-8H,3-4,9-10H2,1-2H3,(H,17,18). The Balaban J connectivity index is 3.25. The van der Waals surface area contributed by atoms with Crippen molar-refractivity contribution in [1.82, 2.24) is 0 Å². The minimum Gasteiger partial charge on any atom is -0.480 e. The van der Waals surface area contributed by atoms with Crippen molar-refractivity contribution in [2.45, 2.75) is 25.2 Å². The molecule has 0 radical (unpaired) electrons. The van der Waals surface area contributed by atoms with Crippen molar-refractivity contribution in [3.8, 4) is 0 Å². The maximum absolute atomic E-state index is 12.3. The minimum atomic E-state index is -1.67. The molecule has 0 aliphatic carbocycles. The second-order valence-electron chi connectivity index (χ2n) is 4.53. The lowest BCUT2D eigenvalue weighted by atomic mass is 9.76. The van der Waals surface area contributed by atoms with E-state index in [0.717, 1.165) is 5.75 Å². The molecule has 1 aromatic carbocycles. The Hall–Kier alpha value is -1.20. The Morgan fingerprint density at radius 1 is 1.33 bits per heavy atom. The van der Waals surface area contributed by atoms with Crippen LogP contribution in [0, 0.1) is 0 Å². The van der Waals surface area contributed by atoms with Gasteiger partial charge in [0.25, 0.3) is 0 Å². The summed E-state index contributed by atoms with van der Waals surface area (Å²) < 4.78 is 5.02. The molecule has 4 nitrogen and oxygen atoms in total. The number of esters is 1. The van der Waals surface area contributed by atoms with E-state index >= 15 is 0 Å². The number of carboxylic acids is 1. The van der Waals surface area contributed by atoms with Crippen LogP contribution in [-0.2, 0) is 19.7 Å². The molecule has 6 heteroatoms. The molecule has 1 N–H and O–H groups in total. The van der Waals surface area contributed by atoms with E-state index in [-0.39, 0.29) is 13.0 Å². The first-order valence-corrected chi connectivity index (χ1v) is 8.41. The molecular weight excluding hydrogens is 312 g/mol. The summed E-state index contributed by atoms with van der Waals surface area (Å²) in [5, 5.41) is 10.2. The summed E-state index contributed by atoms with van der Waals surface area (Å²) >= 11 is 7.45. The van der Waals surface area contributed by atoms with E-state index in [9.17, 15) is 14.7 Å². The van der Waals surface area contributed by atoms with E-state index in [1.807, 2.05) is 6.26 Å². The van der Waals surface area contributed by atoms with Crippen molar-refractivity contribution in [3.05, 3.63) is 34.9 Å². The van der Waals surface area contributed by atoms with Gasteiger partial charge in [0.15, 0.2) is 5.41 Å². The monoisotopic (exact) mass is 330 g/mol. The molecule has 0 fully saturated rings. The second kappa shape index (κ2) is 8.29. The summed E-state index contributed by atoms with van der Waals surface area (Å²) in [5.74, 6) is -1.13. The number of aliphatic carboxylic acids is 1. The molecule has 0 amide bonds. The zero-order valence-corrected chi connectivity index (χ0v) is 13.7. The lowest BCUT2D eigenvalue weighted by Crippen LogP contribution is -2.45. The van der Waals surface area contributed by atoms with E-state index in [0.29, 0.717) is 17.0 Å². The van der Waals surface area contributed by atoms with Gasteiger partial charge in [-0.05, 0) is 49.5 Å². The zero-order valence-electron chi connectivity index (χ0n) is 12.1. The van der Waals surface area contributed by atoms with Gasteiger partial charge in [0.05, 0.1) is 6.61 Å². The number of hydrogen-bond donors (Lipinski definition) is 1. The van der Waals surface area contributed by atoms with Crippen LogP contribution in [0.15, 0.2) is 24.3 Å². The molecule has 1 atom stereocenters. The largest absolute Gasteiger partial charge is 0.480 e. The Morgan fingerprint density at radius 2 is 1.95 bits per heavy atom. The normalized spacial score (nSPS) is 13.5. The van der Waals surface area contributed by atoms with Crippen molar-refractivity contribution >= 4 is 35.3 Å². The van der Waals surface area contributed by atoms with Gasteiger partial charge in [-0.15, -0.1) is 0 Å². The van der Waals surface area contributed by atoms with Crippen LogP contribution in [0.3, 0.4) is 0 Å². The van der Waals surface area contributed by atoms with Crippen LogP contribution in [0.5, 0.6) is 0 Å². The number of halogens is 1. The fourth-order valence-corrected chi connectivity index (χ4v) is 2.71. The summed E-state index contributed by atoms with van der Waals surface area (Å²) in [5.41, 5.74) is -1.27. The Kier molecular flexibility index (Phi) is 7.05. The molecule has 0 heterocycles. The first-order valence-electron chi connectivity index (χ1n) is 6.64. The number of carboxylic acid groups (broad SMARTS) is 1. The third-order valence-corrected chi connectivity index (χ3v) is 4.18. The van der Waals surface area contributed by atoms with Crippen LogP contribution in [0.4, 0.5) is 0 Å². The molecule has 0 aliphatic heterocycles. The molecule has 0 spiro atoms. The van der Waals surface area contributed by atoms with Gasteiger partial charge in [0.2, 0.25) is 0 Å². The van der Waals surface area contributed by atoms with Gasteiger partial charge in [-0.25, -0.2) is 0 Å². The molecule has 0 aliphatic rings. The quantitative estimate of drug-likeness (QED) is 0.450. The molecular formula is C15H19ClO4S. The smallest absolute Gasteiger partial charge is 0.328 e. The Labute approximate surface area is 133 Å². The molecule has 0 saturated carbocycles. The number of hydrogen-bond acceptors (Lipinski definition) is 4. The average Bonchev–Trinajstić information content (AvgIpc) is 2.45. The van der Waals surface area contributed by atoms with E-state index in [1.54, 1.807) is 43.0 Å². The highest BCUT2D eigenvalue weighted by Gasteiger charge is 2.48. The lowest BCUT2D eigenvalue weighted by molar-refractivity contribution is -0.162. The molecule has 1 unspecified atom stereocenters. The second-order valence-corrected chi connectivity index (χ2v) is 5.96. The van der Waals surface area contributed by atoms with Crippen LogP contribution >= 0.6 is 23.4 Å². The number of rotatable bonds is 8.